The van der Waals surface area contributed by atoms with Crippen molar-refractivity contribution in [1.29, 1.82) is 0 Å². The molecule has 21 heavy (non-hydrogen) atoms. The van der Waals surface area contributed by atoms with Gasteiger partial charge in [-0.15, -0.1) is 0 Å². The van der Waals surface area contributed by atoms with Crippen molar-refractivity contribution in [3.8, 4) is 5.75 Å². The van der Waals surface area contributed by atoms with Gasteiger partial charge in [-0.25, -0.2) is 0 Å². The van der Waals surface area contributed by atoms with Gasteiger partial charge in [0.15, 0.2) is 0 Å². The van der Waals surface area contributed by atoms with Crippen molar-refractivity contribution >= 4 is 0 Å². The third-order valence-corrected chi connectivity index (χ3v) is 4.37. The molecule has 0 fully saturated rings. The molecule has 0 spiro atoms. The Hall–Kier alpha value is -1.74. The average molecular weight is 285 g/mol. The minimum absolute atomic E-state index is 0.122. The van der Waals surface area contributed by atoms with Crippen molar-refractivity contribution in [3.63, 3.8) is 0 Å². The fraction of sp³-hybridized carbons (Fsp3) is 0.444. The van der Waals surface area contributed by atoms with Crippen molar-refractivity contribution in [3.05, 3.63) is 52.0 Å². The molecule has 1 aliphatic heterocycles. The van der Waals surface area contributed by atoms with Crippen LogP contribution in [0.25, 0.3) is 0 Å². The molecule has 1 unspecified atom stereocenters. The number of ether oxygens (including phenoxy) is 1. The molecule has 1 aromatic carbocycles. The van der Waals surface area contributed by atoms with Gasteiger partial charge in [-0.3, -0.25) is 0 Å². The molecule has 0 bridgehead atoms. The molecule has 1 atom stereocenters. The number of nitrogens with two attached hydrogens (primary N) is 1. The predicted octanol–water partition coefficient (Wildman–Crippen LogP) is 3.97. The van der Waals surface area contributed by atoms with Crippen LogP contribution in [0.4, 0.5) is 0 Å². The second-order valence-corrected chi connectivity index (χ2v) is 6.64. The van der Waals surface area contributed by atoms with Gasteiger partial charge in [0, 0.05) is 12.0 Å². The highest BCUT2D eigenvalue weighted by molar-refractivity contribution is 5.46. The Bertz CT molecular complexity index is 697. The van der Waals surface area contributed by atoms with E-state index >= 15 is 0 Å². The molecule has 1 aromatic heterocycles. The summed E-state index contributed by atoms with van der Waals surface area (Å²) in [6.07, 6.45) is 0.922. The van der Waals surface area contributed by atoms with E-state index in [1.807, 2.05) is 19.9 Å². The molecule has 0 radical (unpaired) electrons. The Morgan fingerprint density at radius 1 is 1.14 bits per heavy atom. The summed E-state index contributed by atoms with van der Waals surface area (Å²) >= 11 is 0. The van der Waals surface area contributed by atoms with E-state index in [9.17, 15) is 0 Å². The van der Waals surface area contributed by atoms with Gasteiger partial charge in [0.05, 0.1) is 6.04 Å². The summed E-state index contributed by atoms with van der Waals surface area (Å²) < 4.78 is 11.6. The molecule has 0 amide bonds. The number of aryl methyl sites for hydroxylation is 2. The van der Waals surface area contributed by atoms with Gasteiger partial charge in [-0.2, -0.15) is 0 Å². The Kier molecular flexibility index (Phi) is 3.14. The van der Waals surface area contributed by atoms with Gasteiger partial charge in [-0.1, -0.05) is 12.1 Å². The number of furan rings is 1. The summed E-state index contributed by atoms with van der Waals surface area (Å²) in [5.74, 6) is 2.84. The number of rotatable bonds is 2. The summed E-state index contributed by atoms with van der Waals surface area (Å²) in [4.78, 5) is 0. The van der Waals surface area contributed by atoms with Gasteiger partial charge >= 0.3 is 0 Å². The van der Waals surface area contributed by atoms with E-state index in [1.165, 1.54) is 5.56 Å². The first kappa shape index (κ1) is 14.2. The average Bonchev–Trinajstić information content (AvgIpc) is 2.83. The molecule has 3 heteroatoms. The fourth-order valence-electron chi connectivity index (χ4n) is 3.26. The van der Waals surface area contributed by atoms with Crippen LogP contribution in [0.2, 0.25) is 0 Å². The van der Waals surface area contributed by atoms with E-state index < -0.39 is 0 Å². The van der Waals surface area contributed by atoms with Crippen LogP contribution in [0.15, 0.2) is 22.6 Å². The third-order valence-electron chi connectivity index (χ3n) is 4.37. The molecule has 112 valence electrons. The molecular formula is C18H23NO2. The zero-order valence-corrected chi connectivity index (χ0v) is 13.4. The highest BCUT2D eigenvalue weighted by Crippen LogP contribution is 2.37. The lowest BCUT2D eigenvalue weighted by Gasteiger charge is -2.16. The number of benzene rings is 1. The number of hydrogen-bond donors (Lipinski definition) is 1. The molecule has 3 rings (SSSR count). The van der Waals surface area contributed by atoms with E-state index in [0.29, 0.717) is 0 Å². The van der Waals surface area contributed by atoms with Gasteiger partial charge in [-0.05, 0) is 57.4 Å². The molecule has 0 saturated heterocycles. The van der Waals surface area contributed by atoms with Crippen LogP contribution < -0.4 is 10.5 Å². The SMILES string of the molecule is Cc1oc(C)c(C(N)c2ccc3c(c2)CC(C)(C)O3)c1C. The van der Waals surface area contributed by atoms with E-state index in [1.54, 1.807) is 0 Å². The Morgan fingerprint density at radius 3 is 2.48 bits per heavy atom. The Morgan fingerprint density at radius 2 is 1.86 bits per heavy atom. The first-order valence-corrected chi connectivity index (χ1v) is 7.42. The summed E-state index contributed by atoms with van der Waals surface area (Å²) in [6.45, 7) is 10.3. The van der Waals surface area contributed by atoms with Crippen LogP contribution in [0.3, 0.4) is 0 Å². The van der Waals surface area contributed by atoms with Gasteiger partial charge in [0.25, 0.3) is 0 Å². The van der Waals surface area contributed by atoms with Crippen molar-refractivity contribution in [1.82, 2.24) is 0 Å². The van der Waals surface area contributed by atoms with Crippen LogP contribution in [0.1, 0.15) is 53.7 Å². The van der Waals surface area contributed by atoms with Crippen molar-refractivity contribution in [2.24, 2.45) is 5.73 Å². The monoisotopic (exact) mass is 285 g/mol. The van der Waals surface area contributed by atoms with Crippen LogP contribution in [0, 0.1) is 20.8 Å². The maximum atomic E-state index is 6.49. The van der Waals surface area contributed by atoms with Crippen LogP contribution >= 0.6 is 0 Å². The number of fused-ring (bicyclic) bond motifs is 1. The maximum Gasteiger partial charge on any atom is 0.123 e. The van der Waals surface area contributed by atoms with Gasteiger partial charge < -0.3 is 14.9 Å². The smallest absolute Gasteiger partial charge is 0.123 e. The predicted molar refractivity (Wildman–Crippen MR) is 83.8 cm³/mol. The van der Waals surface area contributed by atoms with Crippen LogP contribution in [0.5, 0.6) is 5.75 Å². The zero-order valence-electron chi connectivity index (χ0n) is 13.4. The van der Waals surface area contributed by atoms with Crippen molar-refractivity contribution in [2.45, 2.75) is 52.7 Å². The molecule has 0 aliphatic carbocycles. The minimum atomic E-state index is -0.156. The summed E-state index contributed by atoms with van der Waals surface area (Å²) in [5, 5.41) is 0. The highest BCUT2D eigenvalue weighted by Gasteiger charge is 2.30. The lowest BCUT2D eigenvalue weighted by Crippen LogP contribution is -2.24. The molecule has 3 nitrogen and oxygen atoms in total. The topological polar surface area (TPSA) is 48.4 Å². The molecule has 1 aliphatic rings. The quantitative estimate of drug-likeness (QED) is 0.908. The van der Waals surface area contributed by atoms with Gasteiger partial charge in [0.1, 0.15) is 22.9 Å². The molecular weight excluding hydrogens is 262 g/mol. The zero-order chi connectivity index (χ0) is 15.4. The number of hydrogen-bond acceptors (Lipinski definition) is 3. The van der Waals surface area contributed by atoms with E-state index in [-0.39, 0.29) is 11.6 Å². The normalized spacial score (nSPS) is 17.4. The highest BCUT2D eigenvalue weighted by atomic mass is 16.5. The largest absolute Gasteiger partial charge is 0.487 e. The second-order valence-electron chi connectivity index (χ2n) is 6.64. The molecule has 2 N–H and O–H groups in total. The summed E-state index contributed by atoms with van der Waals surface area (Å²) in [5.41, 5.74) is 11.0. The fourth-order valence-corrected chi connectivity index (χ4v) is 3.26. The van der Waals surface area contributed by atoms with Crippen LogP contribution in [-0.2, 0) is 6.42 Å². The third kappa shape index (κ3) is 2.36. The van der Waals surface area contributed by atoms with E-state index in [4.69, 9.17) is 14.9 Å². The molecule has 0 saturated carbocycles. The Labute approximate surface area is 126 Å². The Balaban J connectivity index is 1.99. The standard InChI is InChI=1S/C18H23NO2/c1-10-11(2)20-12(3)16(10)17(19)13-6-7-15-14(8-13)9-18(4,5)21-15/h6-8,17H,9,19H2,1-5H3. The first-order chi connectivity index (χ1) is 9.78. The van der Waals surface area contributed by atoms with Gasteiger partial charge in [0.2, 0.25) is 0 Å². The maximum absolute atomic E-state index is 6.49. The second kappa shape index (κ2) is 4.63. The first-order valence-electron chi connectivity index (χ1n) is 7.42. The summed E-state index contributed by atoms with van der Waals surface area (Å²) in [7, 11) is 0. The van der Waals surface area contributed by atoms with Crippen molar-refractivity contribution < 1.29 is 9.15 Å². The summed E-state index contributed by atoms with van der Waals surface area (Å²) in [6, 6.07) is 6.12. The minimum Gasteiger partial charge on any atom is -0.487 e. The lowest BCUT2D eigenvalue weighted by molar-refractivity contribution is 0.138. The molecule has 2 aromatic rings. The van der Waals surface area contributed by atoms with E-state index in [0.717, 1.165) is 40.4 Å². The van der Waals surface area contributed by atoms with Crippen molar-refractivity contribution in [2.75, 3.05) is 0 Å². The van der Waals surface area contributed by atoms with Crippen LogP contribution in [-0.4, -0.2) is 5.60 Å². The lowest BCUT2D eigenvalue weighted by atomic mass is 9.93. The van der Waals surface area contributed by atoms with E-state index in [2.05, 4.69) is 32.9 Å². The molecule has 2 heterocycles.